The van der Waals surface area contributed by atoms with Crippen LogP contribution in [0.3, 0.4) is 0 Å². The fourth-order valence-electron chi connectivity index (χ4n) is 1.58. The van der Waals surface area contributed by atoms with E-state index in [9.17, 15) is 9.59 Å². The second-order valence-corrected chi connectivity index (χ2v) is 4.83. The number of carboxylic acids is 1. The van der Waals surface area contributed by atoms with Gasteiger partial charge in [-0.15, -0.1) is 0 Å². The van der Waals surface area contributed by atoms with E-state index >= 15 is 0 Å². The largest absolute Gasteiger partial charge is 0.481 e. The number of aliphatic carboxylic acids is 1. The van der Waals surface area contributed by atoms with Gasteiger partial charge in [-0.05, 0) is 25.5 Å². The number of nitrogens with one attached hydrogen (secondary N) is 1. The van der Waals surface area contributed by atoms with Gasteiger partial charge in [-0.3, -0.25) is 9.59 Å². The smallest absolute Gasteiger partial charge is 0.305 e. The first-order valence-electron chi connectivity index (χ1n) is 5.67. The Morgan fingerprint density at radius 2 is 2.00 bits per heavy atom. The molecule has 5 heteroatoms. The third-order valence-corrected chi connectivity index (χ3v) is 3.19. The number of carbonyl (C=O) groups excluding carboxylic acids is 1. The SMILES string of the molecule is CC[C@@](C)(CC(=O)O)NC(=O)c1ccccc1Cl. The van der Waals surface area contributed by atoms with Crippen LogP contribution in [0.2, 0.25) is 5.02 Å². The van der Waals surface area contributed by atoms with Crippen LogP contribution in [0.5, 0.6) is 0 Å². The van der Waals surface area contributed by atoms with Crippen molar-refractivity contribution in [2.24, 2.45) is 0 Å². The lowest BCUT2D eigenvalue weighted by Gasteiger charge is -2.28. The fourth-order valence-corrected chi connectivity index (χ4v) is 1.80. The molecule has 1 atom stereocenters. The molecular weight excluding hydrogens is 254 g/mol. The molecule has 4 nitrogen and oxygen atoms in total. The Morgan fingerprint density at radius 3 is 2.50 bits per heavy atom. The van der Waals surface area contributed by atoms with Crippen LogP contribution in [0, 0.1) is 0 Å². The summed E-state index contributed by atoms with van der Waals surface area (Å²) >= 11 is 5.92. The van der Waals surface area contributed by atoms with Gasteiger partial charge in [-0.2, -0.15) is 0 Å². The number of benzene rings is 1. The molecule has 0 bridgehead atoms. The highest BCUT2D eigenvalue weighted by molar-refractivity contribution is 6.33. The quantitative estimate of drug-likeness (QED) is 0.864. The van der Waals surface area contributed by atoms with Crippen LogP contribution in [-0.2, 0) is 4.79 Å². The van der Waals surface area contributed by atoms with Crippen LogP contribution in [0.25, 0.3) is 0 Å². The van der Waals surface area contributed by atoms with E-state index in [-0.39, 0.29) is 12.3 Å². The Morgan fingerprint density at radius 1 is 1.39 bits per heavy atom. The molecule has 2 N–H and O–H groups in total. The maximum atomic E-state index is 12.0. The standard InChI is InChI=1S/C13H16ClNO3/c1-3-13(2,8-11(16)17)15-12(18)9-6-4-5-7-10(9)14/h4-7H,3,8H2,1-2H3,(H,15,18)(H,16,17)/t13-/m0/s1. The summed E-state index contributed by atoms with van der Waals surface area (Å²) in [6.45, 7) is 3.53. The summed E-state index contributed by atoms with van der Waals surface area (Å²) in [6, 6.07) is 6.67. The minimum atomic E-state index is -0.946. The minimum Gasteiger partial charge on any atom is -0.481 e. The van der Waals surface area contributed by atoms with Gasteiger partial charge in [-0.1, -0.05) is 30.7 Å². The third kappa shape index (κ3) is 3.74. The molecule has 1 aromatic carbocycles. The Hall–Kier alpha value is -1.55. The number of carboxylic acid groups (broad SMARTS) is 1. The van der Waals surface area contributed by atoms with Gasteiger partial charge in [0, 0.05) is 5.54 Å². The topological polar surface area (TPSA) is 66.4 Å². The van der Waals surface area contributed by atoms with E-state index in [1.165, 1.54) is 0 Å². The van der Waals surface area contributed by atoms with Crippen molar-refractivity contribution >= 4 is 23.5 Å². The van der Waals surface area contributed by atoms with Crippen LogP contribution in [-0.4, -0.2) is 22.5 Å². The summed E-state index contributed by atoms with van der Waals surface area (Å²) in [4.78, 5) is 22.8. The van der Waals surface area contributed by atoms with Crippen molar-refractivity contribution in [1.29, 1.82) is 0 Å². The molecule has 0 heterocycles. The molecule has 98 valence electrons. The van der Waals surface area contributed by atoms with Gasteiger partial charge < -0.3 is 10.4 Å². The van der Waals surface area contributed by atoms with Crippen molar-refractivity contribution in [3.63, 3.8) is 0 Å². The summed E-state index contributed by atoms with van der Waals surface area (Å²) in [7, 11) is 0. The minimum absolute atomic E-state index is 0.125. The Balaban J connectivity index is 2.86. The lowest BCUT2D eigenvalue weighted by atomic mass is 9.94. The van der Waals surface area contributed by atoms with Crippen molar-refractivity contribution < 1.29 is 14.7 Å². The summed E-state index contributed by atoms with van der Waals surface area (Å²) in [5.74, 6) is -1.30. The Kier molecular flexibility index (Phi) is 4.73. The first kappa shape index (κ1) is 14.5. The Bertz CT molecular complexity index is 461. The van der Waals surface area contributed by atoms with Crippen molar-refractivity contribution in [2.75, 3.05) is 0 Å². The van der Waals surface area contributed by atoms with E-state index in [1.807, 2.05) is 6.92 Å². The fraction of sp³-hybridized carbons (Fsp3) is 0.385. The first-order chi connectivity index (χ1) is 8.38. The van der Waals surface area contributed by atoms with Crippen molar-refractivity contribution in [3.8, 4) is 0 Å². The van der Waals surface area contributed by atoms with Gasteiger partial charge in [0.15, 0.2) is 0 Å². The highest BCUT2D eigenvalue weighted by Gasteiger charge is 2.28. The zero-order valence-corrected chi connectivity index (χ0v) is 11.1. The lowest BCUT2D eigenvalue weighted by Crippen LogP contribution is -2.47. The first-order valence-corrected chi connectivity index (χ1v) is 6.04. The number of halogens is 1. The molecule has 18 heavy (non-hydrogen) atoms. The third-order valence-electron chi connectivity index (χ3n) is 2.86. The molecule has 0 spiro atoms. The van der Waals surface area contributed by atoms with Crippen LogP contribution in [0.4, 0.5) is 0 Å². The summed E-state index contributed by atoms with van der Waals surface area (Å²) < 4.78 is 0. The van der Waals surface area contributed by atoms with Gasteiger partial charge in [0.2, 0.25) is 0 Å². The molecule has 0 saturated carbocycles. The zero-order chi connectivity index (χ0) is 13.8. The van der Waals surface area contributed by atoms with E-state index in [2.05, 4.69) is 5.32 Å². The molecule has 0 aliphatic heterocycles. The van der Waals surface area contributed by atoms with Gasteiger partial charge >= 0.3 is 5.97 Å². The van der Waals surface area contributed by atoms with E-state index in [4.69, 9.17) is 16.7 Å². The molecule has 1 amide bonds. The summed E-state index contributed by atoms with van der Waals surface area (Å²) in [5, 5.41) is 11.9. The highest BCUT2D eigenvalue weighted by atomic mass is 35.5. The molecule has 1 rings (SSSR count). The molecule has 0 fully saturated rings. The Labute approximate surface area is 111 Å². The maximum Gasteiger partial charge on any atom is 0.305 e. The molecule has 0 aromatic heterocycles. The average molecular weight is 270 g/mol. The van der Waals surface area contributed by atoms with E-state index in [1.54, 1.807) is 31.2 Å². The van der Waals surface area contributed by atoms with E-state index < -0.39 is 11.5 Å². The zero-order valence-electron chi connectivity index (χ0n) is 10.4. The van der Waals surface area contributed by atoms with Crippen LogP contribution in [0.15, 0.2) is 24.3 Å². The molecule has 0 aliphatic carbocycles. The molecule has 0 unspecified atom stereocenters. The van der Waals surface area contributed by atoms with Crippen molar-refractivity contribution in [3.05, 3.63) is 34.9 Å². The highest BCUT2D eigenvalue weighted by Crippen LogP contribution is 2.19. The normalized spacial score (nSPS) is 13.7. The van der Waals surface area contributed by atoms with E-state index in [0.717, 1.165) is 0 Å². The monoisotopic (exact) mass is 269 g/mol. The number of hydrogen-bond acceptors (Lipinski definition) is 2. The van der Waals surface area contributed by atoms with Gasteiger partial charge in [0.05, 0.1) is 17.0 Å². The second-order valence-electron chi connectivity index (χ2n) is 4.42. The number of amides is 1. The van der Waals surface area contributed by atoms with Crippen molar-refractivity contribution in [1.82, 2.24) is 5.32 Å². The molecular formula is C13H16ClNO3. The lowest BCUT2D eigenvalue weighted by molar-refractivity contribution is -0.138. The molecule has 0 aliphatic rings. The number of rotatable bonds is 5. The van der Waals surface area contributed by atoms with Crippen LogP contribution >= 0.6 is 11.6 Å². The maximum absolute atomic E-state index is 12.0. The van der Waals surface area contributed by atoms with E-state index in [0.29, 0.717) is 17.0 Å². The van der Waals surface area contributed by atoms with Gasteiger partial charge in [0.25, 0.3) is 5.91 Å². The molecule has 0 saturated heterocycles. The predicted octanol–water partition coefficient (Wildman–Crippen LogP) is 2.71. The van der Waals surface area contributed by atoms with Gasteiger partial charge in [-0.25, -0.2) is 0 Å². The van der Waals surface area contributed by atoms with Crippen LogP contribution in [0.1, 0.15) is 37.0 Å². The average Bonchev–Trinajstić information content (AvgIpc) is 2.28. The number of hydrogen-bond donors (Lipinski definition) is 2. The van der Waals surface area contributed by atoms with Crippen LogP contribution < -0.4 is 5.32 Å². The summed E-state index contributed by atoms with van der Waals surface area (Å²) in [5.41, 5.74) is -0.425. The van der Waals surface area contributed by atoms with Crippen molar-refractivity contribution in [2.45, 2.75) is 32.2 Å². The predicted molar refractivity (Wildman–Crippen MR) is 69.9 cm³/mol. The molecule has 1 aromatic rings. The number of carbonyl (C=O) groups is 2. The molecule has 0 radical (unpaired) electrons. The second kappa shape index (κ2) is 5.87. The van der Waals surface area contributed by atoms with Gasteiger partial charge in [0.1, 0.15) is 0 Å². The summed E-state index contributed by atoms with van der Waals surface area (Å²) in [6.07, 6.45) is 0.398.